The fourth-order valence-electron chi connectivity index (χ4n) is 1.95. The Morgan fingerprint density at radius 2 is 2.00 bits per heavy atom. The van der Waals surface area contributed by atoms with Crippen molar-refractivity contribution in [3.8, 4) is 11.3 Å². The molecule has 2 aromatic rings. The van der Waals surface area contributed by atoms with Crippen LogP contribution < -0.4 is 5.32 Å². The lowest BCUT2D eigenvalue weighted by Crippen LogP contribution is -2.25. The molecule has 1 N–H and O–H groups in total. The van der Waals surface area contributed by atoms with Crippen LogP contribution in [0.25, 0.3) is 11.3 Å². The van der Waals surface area contributed by atoms with Gasteiger partial charge in [-0.2, -0.15) is 0 Å². The van der Waals surface area contributed by atoms with Crippen molar-refractivity contribution in [3.05, 3.63) is 46.7 Å². The third-order valence-corrected chi connectivity index (χ3v) is 3.46. The van der Waals surface area contributed by atoms with Crippen molar-refractivity contribution in [3.63, 3.8) is 0 Å². The number of hydrogen-bond acceptors (Lipinski definition) is 2. The van der Waals surface area contributed by atoms with Crippen LogP contribution in [0.2, 0.25) is 5.02 Å². The van der Waals surface area contributed by atoms with E-state index >= 15 is 0 Å². The summed E-state index contributed by atoms with van der Waals surface area (Å²) in [6.07, 6.45) is 2.15. The molecule has 1 amide bonds. The maximum atomic E-state index is 12.0. The quantitative estimate of drug-likeness (QED) is 0.926. The summed E-state index contributed by atoms with van der Waals surface area (Å²) in [7, 11) is 0. The molecular formula is C15H14ClNO2. The number of aryl methyl sites for hydroxylation is 1. The third kappa shape index (κ3) is 2.66. The SMILES string of the molecule is Cc1oc(-c2ccc(Cl)cc2)cc1C(=O)NC1CC1. The summed E-state index contributed by atoms with van der Waals surface area (Å²) in [6, 6.07) is 9.50. The Balaban J connectivity index is 1.87. The van der Waals surface area contributed by atoms with Gasteiger partial charge in [0.2, 0.25) is 0 Å². The van der Waals surface area contributed by atoms with Crippen LogP contribution in [0.5, 0.6) is 0 Å². The first kappa shape index (κ1) is 12.3. The molecule has 1 saturated carbocycles. The number of furan rings is 1. The van der Waals surface area contributed by atoms with Gasteiger partial charge in [0.15, 0.2) is 0 Å². The molecule has 0 spiro atoms. The predicted molar refractivity (Wildman–Crippen MR) is 74.4 cm³/mol. The van der Waals surface area contributed by atoms with Crippen molar-refractivity contribution in [2.24, 2.45) is 0 Å². The van der Waals surface area contributed by atoms with E-state index in [9.17, 15) is 4.79 Å². The van der Waals surface area contributed by atoms with Crippen LogP contribution in [0.15, 0.2) is 34.7 Å². The highest BCUT2D eigenvalue weighted by Gasteiger charge is 2.25. The molecule has 0 saturated heterocycles. The topological polar surface area (TPSA) is 42.2 Å². The molecule has 0 bridgehead atoms. The summed E-state index contributed by atoms with van der Waals surface area (Å²) in [4.78, 5) is 12.0. The highest BCUT2D eigenvalue weighted by Crippen LogP contribution is 2.27. The van der Waals surface area contributed by atoms with Crippen LogP contribution in [-0.4, -0.2) is 11.9 Å². The number of hydrogen-bond donors (Lipinski definition) is 1. The van der Waals surface area contributed by atoms with Crippen molar-refractivity contribution < 1.29 is 9.21 Å². The van der Waals surface area contributed by atoms with Crippen LogP contribution in [0.3, 0.4) is 0 Å². The Morgan fingerprint density at radius 1 is 1.32 bits per heavy atom. The average molecular weight is 276 g/mol. The summed E-state index contributed by atoms with van der Waals surface area (Å²) in [5.41, 5.74) is 1.52. The standard InChI is InChI=1S/C15H14ClNO2/c1-9-13(15(18)17-12-6-7-12)8-14(19-9)10-2-4-11(16)5-3-10/h2-5,8,12H,6-7H2,1H3,(H,17,18). The molecule has 1 aromatic carbocycles. The Labute approximate surface area is 116 Å². The van der Waals surface area contributed by atoms with Gasteiger partial charge in [0, 0.05) is 16.6 Å². The van der Waals surface area contributed by atoms with E-state index in [0.717, 1.165) is 18.4 Å². The van der Waals surface area contributed by atoms with Crippen molar-refractivity contribution in [1.82, 2.24) is 5.32 Å². The van der Waals surface area contributed by atoms with E-state index < -0.39 is 0 Å². The number of carbonyl (C=O) groups is 1. The Kier molecular flexibility index (Phi) is 3.07. The highest BCUT2D eigenvalue weighted by molar-refractivity contribution is 6.30. The maximum Gasteiger partial charge on any atom is 0.255 e. The van der Waals surface area contributed by atoms with Crippen molar-refractivity contribution in [1.29, 1.82) is 0 Å². The first-order chi connectivity index (χ1) is 9.13. The van der Waals surface area contributed by atoms with E-state index in [1.54, 1.807) is 25.1 Å². The zero-order valence-corrected chi connectivity index (χ0v) is 11.3. The molecule has 1 aliphatic rings. The molecule has 0 radical (unpaired) electrons. The van der Waals surface area contributed by atoms with Gasteiger partial charge in [-0.3, -0.25) is 4.79 Å². The van der Waals surface area contributed by atoms with Crippen molar-refractivity contribution >= 4 is 17.5 Å². The van der Waals surface area contributed by atoms with Crippen LogP contribution in [-0.2, 0) is 0 Å². The third-order valence-electron chi connectivity index (χ3n) is 3.20. The van der Waals surface area contributed by atoms with E-state index in [-0.39, 0.29) is 5.91 Å². The predicted octanol–water partition coefficient (Wildman–Crippen LogP) is 3.80. The second kappa shape index (κ2) is 4.74. The molecular weight excluding hydrogens is 262 g/mol. The van der Waals surface area contributed by atoms with Crippen molar-refractivity contribution in [2.75, 3.05) is 0 Å². The molecule has 0 atom stereocenters. The van der Waals surface area contributed by atoms with E-state index in [4.69, 9.17) is 16.0 Å². The minimum atomic E-state index is -0.0519. The lowest BCUT2D eigenvalue weighted by atomic mass is 10.1. The molecule has 3 rings (SSSR count). The molecule has 1 aromatic heterocycles. The lowest BCUT2D eigenvalue weighted by molar-refractivity contribution is 0.0949. The zero-order chi connectivity index (χ0) is 13.4. The molecule has 19 heavy (non-hydrogen) atoms. The van der Waals surface area contributed by atoms with E-state index in [0.29, 0.717) is 28.1 Å². The minimum absolute atomic E-state index is 0.0519. The Hall–Kier alpha value is -1.74. The minimum Gasteiger partial charge on any atom is -0.461 e. The molecule has 0 aliphatic heterocycles. The summed E-state index contributed by atoms with van der Waals surface area (Å²) >= 11 is 5.86. The number of halogens is 1. The normalized spacial score (nSPS) is 14.4. The van der Waals surface area contributed by atoms with Crippen LogP contribution >= 0.6 is 11.6 Å². The molecule has 1 aliphatic carbocycles. The second-order valence-electron chi connectivity index (χ2n) is 4.84. The smallest absolute Gasteiger partial charge is 0.255 e. The molecule has 1 heterocycles. The monoisotopic (exact) mass is 275 g/mol. The number of carbonyl (C=O) groups excluding carboxylic acids is 1. The number of amides is 1. The summed E-state index contributed by atoms with van der Waals surface area (Å²) in [5.74, 6) is 1.28. The van der Waals surface area contributed by atoms with Gasteiger partial charge in [0.1, 0.15) is 11.5 Å². The van der Waals surface area contributed by atoms with Gasteiger partial charge >= 0.3 is 0 Å². The Morgan fingerprint density at radius 3 is 2.63 bits per heavy atom. The fourth-order valence-corrected chi connectivity index (χ4v) is 2.08. The largest absolute Gasteiger partial charge is 0.461 e. The van der Waals surface area contributed by atoms with Gasteiger partial charge < -0.3 is 9.73 Å². The first-order valence-corrected chi connectivity index (χ1v) is 6.68. The zero-order valence-electron chi connectivity index (χ0n) is 10.6. The Bertz CT molecular complexity index is 612. The van der Waals surface area contributed by atoms with Crippen LogP contribution in [0, 0.1) is 6.92 Å². The number of nitrogens with one attached hydrogen (secondary N) is 1. The highest BCUT2D eigenvalue weighted by atomic mass is 35.5. The van der Waals surface area contributed by atoms with E-state index in [1.165, 1.54) is 0 Å². The number of rotatable bonds is 3. The summed E-state index contributed by atoms with van der Waals surface area (Å²) in [5, 5.41) is 3.64. The maximum absolute atomic E-state index is 12.0. The van der Waals surface area contributed by atoms with Crippen LogP contribution in [0.1, 0.15) is 29.0 Å². The fraction of sp³-hybridized carbons (Fsp3) is 0.267. The molecule has 98 valence electrons. The number of benzene rings is 1. The van der Waals surface area contributed by atoms with Gasteiger partial charge in [-0.05, 0) is 50.1 Å². The first-order valence-electron chi connectivity index (χ1n) is 6.31. The van der Waals surface area contributed by atoms with Gasteiger partial charge in [-0.15, -0.1) is 0 Å². The lowest BCUT2D eigenvalue weighted by Gasteiger charge is -1.99. The van der Waals surface area contributed by atoms with E-state index in [2.05, 4.69) is 5.32 Å². The van der Waals surface area contributed by atoms with Gasteiger partial charge in [-0.1, -0.05) is 11.6 Å². The van der Waals surface area contributed by atoms with Gasteiger partial charge in [-0.25, -0.2) is 0 Å². The molecule has 1 fully saturated rings. The molecule has 0 unspecified atom stereocenters. The molecule has 4 heteroatoms. The average Bonchev–Trinajstić information content (AvgIpc) is 3.11. The second-order valence-corrected chi connectivity index (χ2v) is 5.27. The van der Waals surface area contributed by atoms with Crippen LogP contribution in [0.4, 0.5) is 0 Å². The van der Waals surface area contributed by atoms with E-state index in [1.807, 2.05) is 12.1 Å². The van der Waals surface area contributed by atoms with Crippen molar-refractivity contribution in [2.45, 2.75) is 25.8 Å². The van der Waals surface area contributed by atoms with Gasteiger partial charge in [0.25, 0.3) is 5.91 Å². The van der Waals surface area contributed by atoms with Gasteiger partial charge in [0.05, 0.1) is 5.56 Å². The summed E-state index contributed by atoms with van der Waals surface area (Å²) in [6.45, 7) is 1.81. The molecule has 3 nitrogen and oxygen atoms in total. The summed E-state index contributed by atoms with van der Waals surface area (Å²) < 4.78 is 5.66.